The SMILES string of the molecule is COc1ccc(Br)cc1CC1(CN2CC3CC(C2)c2cccc(=O)n2C3)C(=O)N(C)C(=O)N(C)C1=O. The molecule has 1 aromatic carbocycles. The number of aromatic nitrogens is 1. The first-order valence-corrected chi connectivity index (χ1v) is 12.8. The predicted octanol–water partition coefficient (Wildman–Crippen LogP) is 2.32. The lowest BCUT2D eigenvalue weighted by Gasteiger charge is -2.48. The van der Waals surface area contributed by atoms with E-state index in [2.05, 4.69) is 20.8 Å². The predicted molar refractivity (Wildman–Crippen MR) is 136 cm³/mol. The van der Waals surface area contributed by atoms with Crippen LogP contribution < -0.4 is 10.3 Å². The van der Waals surface area contributed by atoms with Gasteiger partial charge in [-0.15, -0.1) is 0 Å². The minimum atomic E-state index is -1.49. The highest BCUT2D eigenvalue weighted by Crippen LogP contribution is 2.40. The van der Waals surface area contributed by atoms with Crippen LogP contribution in [0.3, 0.4) is 0 Å². The number of pyridine rings is 1. The van der Waals surface area contributed by atoms with Gasteiger partial charge in [0.25, 0.3) is 5.56 Å². The van der Waals surface area contributed by atoms with Crippen LogP contribution in [-0.4, -0.2) is 78.0 Å². The molecule has 3 aliphatic heterocycles. The molecule has 2 unspecified atom stereocenters. The molecule has 36 heavy (non-hydrogen) atoms. The van der Waals surface area contributed by atoms with Gasteiger partial charge in [0.05, 0.1) is 7.11 Å². The Hall–Kier alpha value is -2.98. The summed E-state index contributed by atoms with van der Waals surface area (Å²) in [6.45, 7) is 2.08. The summed E-state index contributed by atoms with van der Waals surface area (Å²) in [5, 5.41) is 0. The zero-order valence-electron chi connectivity index (χ0n) is 20.6. The molecule has 0 radical (unpaired) electrons. The summed E-state index contributed by atoms with van der Waals surface area (Å²) in [6.07, 6.45) is 1.06. The standard InChI is InChI=1S/C26H29BrN4O5/c1-28-23(33)26(24(34)29(2)25(28)35,11-17-10-19(27)7-8-21(17)36-3)15-30-12-16-9-18(14-30)20-5-4-6-22(32)31(20)13-16/h4-8,10,16,18H,9,11-15H2,1-3H3. The molecule has 5 rings (SSSR count). The third kappa shape index (κ3) is 3.96. The number of benzene rings is 1. The number of imide groups is 2. The van der Waals surface area contributed by atoms with E-state index in [4.69, 9.17) is 4.74 Å². The van der Waals surface area contributed by atoms with Gasteiger partial charge in [-0.05, 0) is 42.2 Å². The van der Waals surface area contributed by atoms with E-state index in [1.165, 1.54) is 14.1 Å². The van der Waals surface area contributed by atoms with E-state index in [1.54, 1.807) is 25.3 Å². The Balaban J connectivity index is 1.54. The van der Waals surface area contributed by atoms with Crippen molar-refractivity contribution in [3.05, 3.63) is 62.5 Å². The van der Waals surface area contributed by atoms with E-state index < -0.39 is 23.3 Å². The number of hydrogen-bond donors (Lipinski definition) is 0. The zero-order valence-corrected chi connectivity index (χ0v) is 22.2. The van der Waals surface area contributed by atoms with E-state index in [-0.39, 0.29) is 30.4 Å². The number of likely N-dealkylation sites (tertiary alicyclic amines) is 1. The van der Waals surface area contributed by atoms with Gasteiger partial charge in [0.15, 0.2) is 0 Å². The van der Waals surface area contributed by atoms with Crippen molar-refractivity contribution in [2.75, 3.05) is 40.8 Å². The highest BCUT2D eigenvalue weighted by atomic mass is 79.9. The Kier molecular flexibility index (Phi) is 6.28. The zero-order chi connectivity index (χ0) is 25.8. The fourth-order valence-corrected chi connectivity index (χ4v) is 6.60. The quantitative estimate of drug-likeness (QED) is 0.525. The maximum Gasteiger partial charge on any atom is 0.332 e. The van der Waals surface area contributed by atoms with Crippen LogP contribution in [0.4, 0.5) is 4.79 Å². The minimum absolute atomic E-state index is 0.00766. The van der Waals surface area contributed by atoms with E-state index >= 15 is 0 Å². The first kappa shape index (κ1) is 24.7. The van der Waals surface area contributed by atoms with Crippen molar-refractivity contribution in [1.82, 2.24) is 19.3 Å². The van der Waals surface area contributed by atoms with Gasteiger partial charge in [0.2, 0.25) is 11.8 Å². The number of carbonyl (C=O) groups is 3. The molecule has 190 valence electrons. The number of rotatable bonds is 5. The van der Waals surface area contributed by atoms with Crippen LogP contribution in [0.25, 0.3) is 0 Å². The Morgan fingerprint density at radius 3 is 2.42 bits per heavy atom. The third-order valence-corrected chi connectivity index (χ3v) is 8.28. The molecule has 10 heteroatoms. The largest absolute Gasteiger partial charge is 0.496 e. The molecule has 4 heterocycles. The molecule has 0 saturated carbocycles. The first-order chi connectivity index (χ1) is 17.1. The maximum absolute atomic E-state index is 13.8. The van der Waals surface area contributed by atoms with Gasteiger partial charge in [-0.25, -0.2) is 4.79 Å². The van der Waals surface area contributed by atoms with Crippen LogP contribution in [0, 0.1) is 11.3 Å². The lowest BCUT2D eigenvalue weighted by atomic mass is 9.75. The second-order valence-electron chi connectivity index (χ2n) is 10.1. The molecule has 0 N–H and O–H groups in total. The number of barbiturate groups is 1. The lowest BCUT2D eigenvalue weighted by Crippen LogP contribution is -2.67. The van der Waals surface area contributed by atoms with Gasteiger partial charge in [0.1, 0.15) is 11.2 Å². The van der Waals surface area contributed by atoms with E-state index in [0.29, 0.717) is 30.9 Å². The summed E-state index contributed by atoms with van der Waals surface area (Å²) in [6, 6.07) is 10.2. The number of halogens is 1. The number of methoxy groups -OCH3 is 1. The van der Waals surface area contributed by atoms with Crippen LogP contribution in [-0.2, 0) is 22.6 Å². The number of piperidine rings is 1. The topological polar surface area (TPSA) is 92.2 Å². The highest BCUT2D eigenvalue weighted by Gasteiger charge is 2.57. The van der Waals surface area contributed by atoms with Crippen molar-refractivity contribution in [3.8, 4) is 5.75 Å². The summed E-state index contributed by atoms with van der Waals surface area (Å²) >= 11 is 3.49. The Bertz CT molecular complexity index is 1280. The van der Waals surface area contributed by atoms with Gasteiger partial charge in [-0.1, -0.05) is 22.0 Å². The number of amides is 4. The van der Waals surface area contributed by atoms with E-state index in [9.17, 15) is 19.2 Å². The fourth-order valence-electron chi connectivity index (χ4n) is 6.19. The molecule has 2 aromatic rings. The van der Waals surface area contributed by atoms with Crippen molar-refractivity contribution in [1.29, 1.82) is 0 Å². The normalized spacial score (nSPS) is 23.6. The number of urea groups is 1. The lowest BCUT2D eigenvalue weighted by molar-refractivity contribution is -0.159. The Morgan fingerprint density at radius 1 is 1.00 bits per heavy atom. The second kappa shape index (κ2) is 9.15. The number of hydrogen-bond acceptors (Lipinski definition) is 6. The van der Waals surface area contributed by atoms with Crippen molar-refractivity contribution in [2.24, 2.45) is 11.3 Å². The van der Waals surface area contributed by atoms with Crippen molar-refractivity contribution < 1.29 is 19.1 Å². The van der Waals surface area contributed by atoms with Crippen molar-refractivity contribution in [2.45, 2.75) is 25.3 Å². The van der Waals surface area contributed by atoms with Crippen molar-refractivity contribution >= 4 is 33.8 Å². The van der Waals surface area contributed by atoms with Crippen molar-refractivity contribution in [3.63, 3.8) is 0 Å². The fraction of sp³-hybridized carbons (Fsp3) is 0.462. The molecule has 2 atom stereocenters. The van der Waals surface area contributed by atoms with Gasteiger partial charge >= 0.3 is 6.03 Å². The molecule has 1 aromatic heterocycles. The number of ether oxygens (including phenoxy) is 1. The second-order valence-corrected chi connectivity index (χ2v) is 11.0. The Morgan fingerprint density at radius 2 is 1.72 bits per heavy atom. The first-order valence-electron chi connectivity index (χ1n) is 12.0. The molecule has 9 nitrogen and oxygen atoms in total. The maximum atomic E-state index is 13.8. The average molecular weight is 557 g/mol. The molecule has 2 bridgehead atoms. The van der Waals surface area contributed by atoms with Crippen LogP contribution >= 0.6 is 15.9 Å². The molecule has 2 saturated heterocycles. The molecule has 4 amide bonds. The summed E-state index contributed by atoms with van der Waals surface area (Å²) in [5.41, 5.74) is 0.219. The van der Waals surface area contributed by atoms with Crippen LogP contribution in [0.1, 0.15) is 23.6 Å². The third-order valence-electron chi connectivity index (χ3n) is 7.79. The minimum Gasteiger partial charge on any atom is -0.496 e. The highest BCUT2D eigenvalue weighted by molar-refractivity contribution is 9.10. The molecule has 0 spiro atoms. The van der Waals surface area contributed by atoms with Crippen LogP contribution in [0.2, 0.25) is 0 Å². The van der Waals surface area contributed by atoms with Gasteiger partial charge in [-0.3, -0.25) is 24.2 Å². The van der Waals surface area contributed by atoms with E-state index in [0.717, 1.165) is 26.4 Å². The smallest absolute Gasteiger partial charge is 0.332 e. The summed E-state index contributed by atoms with van der Waals surface area (Å²) in [4.78, 5) is 56.9. The number of nitrogens with zero attached hydrogens (tertiary/aromatic N) is 4. The van der Waals surface area contributed by atoms with E-state index in [1.807, 2.05) is 22.8 Å². The number of carbonyl (C=O) groups excluding carboxylic acids is 3. The molecule has 0 aliphatic carbocycles. The molecule has 3 aliphatic rings. The van der Waals surface area contributed by atoms with Gasteiger partial charge < -0.3 is 14.2 Å². The molecular formula is C26H29BrN4O5. The van der Waals surface area contributed by atoms with Gasteiger partial charge in [-0.2, -0.15) is 0 Å². The average Bonchev–Trinajstić information content (AvgIpc) is 2.86. The van der Waals surface area contributed by atoms with Gasteiger partial charge in [0, 0.05) is 68.8 Å². The Labute approximate surface area is 217 Å². The monoisotopic (exact) mass is 556 g/mol. The summed E-state index contributed by atoms with van der Waals surface area (Å²) < 4.78 is 8.21. The number of fused-ring (bicyclic) bond motifs is 4. The molecular weight excluding hydrogens is 528 g/mol. The molecule has 2 fully saturated rings. The van der Waals surface area contributed by atoms with Crippen LogP contribution in [0.15, 0.2) is 45.7 Å². The summed E-state index contributed by atoms with van der Waals surface area (Å²) in [5.74, 6) is -0.0754. The van der Waals surface area contributed by atoms with Crippen LogP contribution in [0.5, 0.6) is 5.75 Å². The summed E-state index contributed by atoms with van der Waals surface area (Å²) in [7, 11) is 4.40.